The number of nitrogens with one attached hydrogen (secondary N) is 1. The van der Waals surface area contributed by atoms with Crippen LogP contribution in [0.1, 0.15) is 24.2 Å². The number of amides is 1. The van der Waals surface area contributed by atoms with Gasteiger partial charge in [-0.2, -0.15) is 0 Å². The second-order valence-corrected chi connectivity index (χ2v) is 6.89. The van der Waals surface area contributed by atoms with Crippen molar-refractivity contribution in [3.63, 3.8) is 0 Å². The third kappa shape index (κ3) is 4.94. The van der Waals surface area contributed by atoms with Crippen LogP contribution in [0.3, 0.4) is 0 Å². The van der Waals surface area contributed by atoms with Crippen LogP contribution in [0.25, 0.3) is 0 Å². The molecule has 1 amide bonds. The molecule has 30 heavy (non-hydrogen) atoms. The summed E-state index contributed by atoms with van der Waals surface area (Å²) in [6.07, 6.45) is 0. The number of halogens is 3. The van der Waals surface area contributed by atoms with Crippen LogP contribution in [0.2, 0.25) is 5.02 Å². The number of benzene rings is 2. The van der Waals surface area contributed by atoms with Gasteiger partial charge in [0.1, 0.15) is 11.5 Å². The molecule has 162 valence electrons. The van der Waals surface area contributed by atoms with E-state index in [4.69, 9.17) is 25.8 Å². The molecule has 1 N–H and O–H groups in total. The Kier molecular flexibility index (Phi) is 7.33. The van der Waals surface area contributed by atoms with E-state index in [0.29, 0.717) is 56.7 Å². The van der Waals surface area contributed by atoms with Crippen molar-refractivity contribution in [3.05, 3.63) is 46.5 Å². The lowest BCUT2D eigenvalue weighted by Gasteiger charge is -2.31. The number of rotatable bonds is 7. The van der Waals surface area contributed by atoms with Crippen LogP contribution in [0.5, 0.6) is 11.5 Å². The fourth-order valence-corrected chi connectivity index (χ4v) is 3.37. The zero-order valence-corrected chi connectivity index (χ0v) is 17.5. The van der Waals surface area contributed by atoms with Crippen LogP contribution in [0.4, 0.5) is 20.2 Å². The van der Waals surface area contributed by atoms with Gasteiger partial charge in [0.2, 0.25) is 0 Å². The Hall–Kier alpha value is -2.58. The third-order valence-electron chi connectivity index (χ3n) is 4.52. The van der Waals surface area contributed by atoms with Gasteiger partial charge in [-0.1, -0.05) is 11.6 Å². The van der Waals surface area contributed by atoms with E-state index in [9.17, 15) is 13.6 Å². The van der Waals surface area contributed by atoms with Gasteiger partial charge in [0.25, 0.3) is 5.91 Å². The van der Waals surface area contributed by atoms with E-state index in [1.807, 2.05) is 13.8 Å². The minimum absolute atomic E-state index is 0.187. The Bertz CT molecular complexity index is 920. The molecule has 0 aliphatic carbocycles. The number of anilines is 2. The highest BCUT2D eigenvalue weighted by atomic mass is 35.5. The van der Waals surface area contributed by atoms with Gasteiger partial charge in [-0.05, 0) is 26.0 Å². The van der Waals surface area contributed by atoms with Gasteiger partial charge in [0.15, 0.2) is 11.6 Å². The molecule has 1 aliphatic heterocycles. The van der Waals surface area contributed by atoms with E-state index in [0.717, 1.165) is 17.8 Å². The van der Waals surface area contributed by atoms with E-state index in [2.05, 4.69) is 10.2 Å². The summed E-state index contributed by atoms with van der Waals surface area (Å²) in [7, 11) is 0. The first-order valence-corrected chi connectivity index (χ1v) is 10.0. The minimum atomic E-state index is -1.16. The average molecular weight is 441 g/mol. The van der Waals surface area contributed by atoms with Crippen LogP contribution in [0, 0.1) is 11.6 Å². The molecule has 2 aromatic rings. The summed E-state index contributed by atoms with van der Waals surface area (Å²) in [5.41, 5.74) is 0.976. The minimum Gasteiger partial charge on any atom is -0.492 e. The number of morpholine rings is 1. The monoisotopic (exact) mass is 440 g/mol. The Morgan fingerprint density at radius 3 is 2.37 bits per heavy atom. The van der Waals surface area contributed by atoms with Crippen molar-refractivity contribution in [2.75, 3.05) is 49.7 Å². The molecule has 1 fully saturated rings. The third-order valence-corrected chi connectivity index (χ3v) is 4.83. The Labute approximate surface area is 178 Å². The standard InChI is InChI=1S/C21H23ClF2N2O4/c1-3-29-19-12-18(26-5-7-28-8-6-26)20(30-4-2)11-17(19)25-21(27)13-9-15(23)16(24)10-14(13)22/h9-12H,3-8H2,1-2H3,(H,25,27). The maximum atomic E-state index is 13.6. The van der Waals surface area contributed by atoms with Gasteiger partial charge in [-0.25, -0.2) is 8.78 Å². The lowest BCUT2D eigenvalue weighted by Crippen LogP contribution is -2.36. The summed E-state index contributed by atoms with van der Waals surface area (Å²) >= 11 is 5.93. The van der Waals surface area contributed by atoms with E-state index in [1.54, 1.807) is 12.1 Å². The Morgan fingerprint density at radius 1 is 1.07 bits per heavy atom. The number of hydrogen-bond donors (Lipinski definition) is 1. The van der Waals surface area contributed by atoms with Gasteiger partial charge < -0.3 is 24.4 Å². The molecule has 1 heterocycles. The molecule has 0 radical (unpaired) electrons. The molecular formula is C21H23ClF2N2O4. The van der Waals surface area contributed by atoms with E-state index in [-0.39, 0.29) is 10.6 Å². The highest BCUT2D eigenvalue weighted by Crippen LogP contribution is 2.39. The van der Waals surface area contributed by atoms with Crippen LogP contribution in [-0.2, 0) is 4.74 Å². The van der Waals surface area contributed by atoms with Gasteiger partial charge >= 0.3 is 0 Å². The number of carbonyl (C=O) groups is 1. The van der Waals surface area contributed by atoms with Crippen LogP contribution < -0.4 is 19.7 Å². The number of nitrogens with zero attached hydrogens (tertiary/aromatic N) is 1. The lowest BCUT2D eigenvalue weighted by molar-refractivity contribution is 0.102. The maximum Gasteiger partial charge on any atom is 0.257 e. The van der Waals surface area contributed by atoms with Gasteiger partial charge in [-0.15, -0.1) is 0 Å². The zero-order chi connectivity index (χ0) is 21.7. The summed E-state index contributed by atoms with van der Waals surface area (Å²) < 4.78 is 43.9. The number of carbonyl (C=O) groups excluding carboxylic acids is 1. The first-order chi connectivity index (χ1) is 14.4. The van der Waals surface area contributed by atoms with E-state index < -0.39 is 17.5 Å². The summed E-state index contributed by atoms with van der Waals surface area (Å²) in [6, 6.07) is 4.98. The largest absolute Gasteiger partial charge is 0.492 e. The van der Waals surface area contributed by atoms with Crippen LogP contribution >= 0.6 is 11.6 Å². The first-order valence-electron chi connectivity index (χ1n) is 9.66. The highest BCUT2D eigenvalue weighted by molar-refractivity contribution is 6.34. The van der Waals surface area contributed by atoms with Gasteiger partial charge in [0, 0.05) is 25.2 Å². The quantitative estimate of drug-likeness (QED) is 0.642. The Balaban J connectivity index is 1.97. The van der Waals surface area contributed by atoms with Crippen molar-refractivity contribution >= 4 is 28.9 Å². The second kappa shape index (κ2) is 9.95. The summed E-state index contributed by atoms with van der Waals surface area (Å²) in [6.45, 7) is 7.06. The summed E-state index contributed by atoms with van der Waals surface area (Å²) in [4.78, 5) is 14.8. The summed E-state index contributed by atoms with van der Waals surface area (Å²) in [5.74, 6) is -1.99. The molecule has 0 unspecified atom stereocenters. The topological polar surface area (TPSA) is 60.0 Å². The Morgan fingerprint density at radius 2 is 1.70 bits per heavy atom. The molecule has 2 aromatic carbocycles. The van der Waals surface area contributed by atoms with Crippen LogP contribution in [-0.4, -0.2) is 45.4 Å². The average Bonchev–Trinajstić information content (AvgIpc) is 2.73. The van der Waals surface area contributed by atoms with Crippen molar-refractivity contribution in [1.29, 1.82) is 0 Å². The molecule has 1 saturated heterocycles. The molecule has 0 bridgehead atoms. The molecule has 0 spiro atoms. The van der Waals surface area contributed by atoms with E-state index >= 15 is 0 Å². The molecule has 0 saturated carbocycles. The predicted octanol–water partition coefficient (Wildman–Crippen LogP) is 4.50. The second-order valence-electron chi connectivity index (χ2n) is 6.48. The maximum absolute atomic E-state index is 13.6. The van der Waals surface area contributed by atoms with E-state index in [1.165, 1.54) is 0 Å². The van der Waals surface area contributed by atoms with Crippen LogP contribution in [0.15, 0.2) is 24.3 Å². The number of hydrogen-bond acceptors (Lipinski definition) is 5. The van der Waals surface area contributed by atoms with Gasteiger partial charge in [-0.3, -0.25) is 4.79 Å². The predicted molar refractivity (Wildman–Crippen MR) is 111 cm³/mol. The smallest absolute Gasteiger partial charge is 0.257 e. The first kappa shape index (κ1) is 22.1. The van der Waals surface area contributed by atoms with Crippen molar-refractivity contribution in [2.45, 2.75) is 13.8 Å². The molecule has 3 rings (SSSR count). The highest BCUT2D eigenvalue weighted by Gasteiger charge is 2.22. The van der Waals surface area contributed by atoms with Crippen molar-refractivity contribution < 1.29 is 27.8 Å². The molecule has 0 aromatic heterocycles. The SMILES string of the molecule is CCOc1cc(N2CCOCC2)c(OCC)cc1NC(=O)c1cc(F)c(F)cc1Cl. The lowest BCUT2D eigenvalue weighted by atomic mass is 10.1. The zero-order valence-electron chi connectivity index (χ0n) is 16.8. The number of ether oxygens (including phenoxy) is 3. The molecule has 9 heteroatoms. The molecule has 0 atom stereocenters. The summed E-state index contributed by atoms with van der Waals surface area (Å²) in [5, 5.41) is 2.47. The van der Waals surface area contributed by atoms with Crippen molar-refractivity contribution in [3.8, 4) is 11.5 Å². The fraction of sp³-hybridized carbons (Fsp3) is 0.381. The fourth-order valence-electron chi connectivity index (χ4n) is 3.13. The van der Waals surface area contributed by atoms with Gasteiger partial charge in [0.05, 0.1) is 48.4 Å². The molecule has 6 nitrogen and oxygen atoms in total. The normalized spacial score (nSPS) is 13.8. The molecular weight excluding hydrogens is 418 g/mol. The van der Waals surface area contributed by atoms with Crippen molar-refractivity contribution in [2.24, 2.45) is 0 Å². The molecule has 1 aliphatic rings. The van der Waals surface area contributed by atoms with Crippen molar-refractivity contribution in [1.82, 2.24) is 0 Å².